The first-order chi connectivity index (χ1) is 9.95. The fourth-order valence-electron chi connectivity index (χ4n) is 2.21. The second kappa shape index (κ2) is 5.14. The molecule has 0 aliphatic carbocycles. The predicted molar refractivity (Wildman–Crippen MR) is 83.8 cm³/mol. The van der Waals surface area contributed by atoms with Gasteiger partial charge in [-0.25, -0.2) is 9.67 Å². The lowest BCUT2D eigenvalue weighted by Gasteiger charge is -2.12. The van der Waals surface area contributed by atoms with Gasteiger partial charge in [0.1, 0.15) is 0 Å². The van der Waals surface area contributed by atoms with Crippen molar-refractivity contribution < 1.29 is 4.52 Å². The first kappa shape index (κ1) is 14.1. The van der Waals surface area contributed by atoms with E-state index in [0.29, 0.717) is 12.5 Å². The van der Waals surface area contributed by atoms with E-state index in [0.717, 1.165) is 32.6 Å². The van der Waals surface area contributed by atoms with Crippen molar-refractivity contribution in [1.29, 1.82) is 0 Å². The normalized spacial score (nSPS) is 11.7. The summed E-state index contributed by atoms with van der Waals surface area (Å²) in [6.45, 7) is 6.88. The smallest absolute Gasteiger partial charge is 0.188 e. The Bertz CT molecular complexity index is 735. The molecule has 0 saturated heterocycles. The topological polar surface area (TPSA) is 60.0 Å². The van der Waals surface area contributed by atoms with Crippen molar-refractivity contribution in [2.45, 2.75) is 33.2 Å². The van der Waals surface area contributed by atoms with Crippen LogP contribution in [0.3, 0.4) is 0 Å². The van der Waals surface area contributed by atoms with Crippen LogP contribution in [0.5, 0.6) is 0 Å². The monoisotopic (exact) mass is 305 g/mol. The molecule has 0 aliphatic rings. The number of nitrogens with zero attached hydrogens (tertiary/aromatic N) is 5. The molecule has 3 heterocycles. The average molecular weight is 305 g/mol. The number of thiazole rings is 1. The van der Waals surface area contributed by atoms with Gasteiger partial charge in [0.25, 0.3) is 0 Å². The van der Waals surface area contributed by atoms with E-state index in [9.17, 15) is 0 Å². The minimum Gasteiger partial charge on any atom is -0.359 e. The maximum atomic E-state index is 5.39. The summed E-state index contributed by atoms with van der Waals surface area (Å²) < 4.78 is 8.35. The van der Waals surface area contributed by atoms with Gasteiger partial charge >= 0.3 is 0 Å². The lowest BCUT2D eigenvalue weighted by Crippen LogP contribution is -2.15. The van der Waals surface area contributed by atoms with Crippen LogP contribution < -0.4 is 4.90 Å². The van der Waals surface area contributed by atoms with E-state index in [1.807, 2.05) is 31.8 Å². The minimum absolute atomic E-state index is 0.379. The van der Waals surface area contributed by atoms with Crippen LogP contribution in [-0.2, 0) is 13.6 Å². The summed E-state index contributed by atoms with van der Waals surface area (Å²) in [5.41, 5.74) is 2.94. The van der Waals surface area contributed by atoms with Crippen LogP contribution in [0, 0.1) is 6.92 Å². The Labute approximate surface area is 127 Å². The number of hydrogen-bond donors (Lipinski definition) is 0. The molecule has 0 fully saturated rings. The molecule has 0 amide bonds. The van der Waals surface area contributed by atoms with Crippen molar-refractivity contribution in [1.82, 2.24) is 19.9 Å². The van der Waals surface area contributed by atoms with Gasteiger partial charge in [-0.15, -0.1) is 0 Å². The van der Waals surface area contributed by atoms with Crippen LogP contribution in [0.25, 0.3) is 10.3 Å². The molecule has 3 rings (SSSR count). The highest BCUT2D eigenvalue weighted by Gasteiger charge is 2.16. The number of aryl methyl sites for hydroxylation is 2. The van der Waals surface area contributed by atoms with Crippen molar-refractivity contribution >= 4 is 26.8 Å². The Balaban J connectivity index is 1.82. The van der Waals surface area contributed by atoms with Crippen molar-refractivity contribution in [3.8, 4) is 0 Å². The third-order valence-corrected chi connectivity index (χ3v) is 4.69. The summed E-state index contributed by atoms with van der Waals surface area (Å²) in [6, 6.07) is 2.02. The third kappa shape index (κ3) is 2.53. The predicted octanol–water partition coefficient (Wildman–Crippen LogP) is 3.09. The van der Waals surface area contributed by atoms with Gasteiger partial charge < -0.3 is 9.42 Å². The molecule has 21 heavy (non-hydrogen) atoms. The molecule has 7 heteroatoms. The van der Waals surface area contributed by atoms with Crippen LogP contribution in [0.1, 0.15) is 36.9 Å². The Morgan fingerprint density at radius 1 is 1.43 bits per heavy atom. The van der Waals surface area contributed by atoms with Gasteiger partial charge in [-0.1, -0.05) is 30.3 Å². The Morgan fingerprint density at radius 2 is 2.19 bits per heavy atom. The van der Waals surface area contributed by atoms with Gasteiger partial charge in [0, 0.05) is 20.2 Å². The van der Waals surface area contributed by atoms with E-state index in [1.54, 1.807) is 11.3 Å². The molecule has 3 aromatic heterocycles. The molecule has 0 N–H and O–H groups in total. The molecule has 0 aromatic carbocycles. The second-order valence-corrected chi connectivity index (χ2v) is 6.56. The molecule has 0 saturated carbocycles. The lowest BCUT2D eigenvalue weighted by atomic mass is 10.1. The Morgan fingerprint density at radius 3 is 2.81 bits per heavy atom. The van der Waals surface area contributed by atoms with Crippen molar-refractivity contribution in [3.05, 3.63) is 23.2 Å². The van der Waals surface area contributed by atoms with E-state index >= 15 is 0 Å². The average Bonchev–Trinajstić information content (AvgIpc) is 3.08. The van der Waals surface area contributed by atoms with Crippen LogP contribution in [0.15, 0.2) is 10.6 Å². The fraction of sp³-hybridized carbons (Fsp3) is 0.500. The van der Waals surface area contributed by atoms with Crippen LogP contribution in [0.4, 0.5) is 5.13 Å². The maximum absolute atomic E-state index is 5.39. The summed E-state index contributed by atoms with van der Waals surface area (Å²) >= 11 is 1.65. The summed E-state index contributed by atoms with van der Waals surface area (Å²) in [5, 5.41) is 9.43. The summed E-state index contributed by atoms with van der Waals surface area (Å²) in [4.78, 5) is 6.73. The van der Waals surface area contributed by atoms with Crippen molar-refractivity contribution in [2.75, 3.05) is 11.9 Å². The SMILES string of the molecule is Cc1nn(C)c2nc(N(C)Cc3cc(C(C)C)no3)sc12. The molecular formula is C14H19N5OS. The summed E-state index contributed by atoms with van der Waals surface area (Å²) in [5.74, 6) is 1.24. The van der Waals surface area contributed by atoms with Crippen LogP contribution in [-0.4, -0.2) is 27.0 Å². The zero-order chi connectivity index (χ0) is 15.1. The molecule has 0 bridgehead atoms. The number of hydrogen-bond acceptors (Lipinski definition) is 6. The summed E-state index contributed by atoms with van der Waals surface area (Å²) in [6.07, 6.45) is 0. The van der Waals surface area contributed by atoms with E-state index in [-0.39, 0.29) is 0 Å². The standard InChI is InChI=1S/C14H19N5OS/c1-8(2)11-6-10(20-17-11)7-18(4)14-15-13-12(21-14)9(3)16-19(13)5/h6,8H,7H2,1-5H3. The highest BCUT2D eigenvalue weighted by Crippen LogP contribution is 2.30. The minimum atomic E-state index is 0.379. The molecule has 0 spiro atoms. The first-order valence-electron chi connectivity index (χ1n) is 6.92. The van der Waals surface area contributed by atoms with E-state index in [2.05, 4.69) is 34.0 Å². The van der Waals surface area contributed by atoms with E-state index in [4.69, 9.17) is 4.52 Å². The van der Waals surface area contributed by atoms with Gasteiger partial charge in [0.2, 0.25) is 0 Å². The van der Waals surface area contributed by atoms with Crippen LogP contribution >= 0.6 is 11.3 Å². The zero-order valence-electron chi connectivity index (χ0n) is 12.9. The van der Waals surface area contributed by atoms with Crippen molar-refractivity contribution in [2.24, 2.45) is 7.05 Å². The molecule has 112 valence electrons. The lowest BCUT2D eigenvalue weighted by molar-refractivity contribution is 0.374. The Kier molecular flexibility index (Phi) is 3.44. The molecule has 3 aromatic rings. The molecule has 0 aliphatic heterocycles. The van der Waals surface area contributed by atoms with Crippen molar-refractivity contribution in [3.63, 3.8) is 0 Å². The largest absolute Gasteiger partial charge is 0.359 e. The quantitative estimate of drug-likeness (QED) is 0.741. The first-order valence-corrected chi connectivity index (χ1v) is 7.74. The number of rotatable bonds is 4. The van der Waals surface area contributed by atoms with Crippen LogP contribution in [0.2, 0.25) is 0 Å². The number of anilines is 1. The van der Waals surface area contributed by atoms with Gasteiger partial charge in [-0.2, -0.15) is 5.10 Å². The highest BCUT2D eigenvalue weighted by molar-refractivity contribution is 7.22. The molecule has 0 unspecified atom stereocenters. The highest BCUT2D eigenvalue weighted by atomic mass is 32.1. The van der Waals surface area contributed by atoms with Gasteiger partial charge in [0.15, 0.2) is 16.5 Å². The molecule has 0 atom stereocenters. The maximum Gasteiger partial charge on any atom is 0.188 e. The molecular weight excluding hydrogens is 286 g/mol. The van der Waals surface area contributed by atoms with E-state index in [1.165, 1.54) is 0 Å². The van der Waals surface area contributed by atoms with Gasteiger partial charge in [-0.05, 0) is 12.8 Å². The fourth-order valence-corrected chi connectivity index (χ4v) is 3.21. The Hall–Kier alpha value is -1.89. The van der Waals surface area contributed by atoms with Gasteiger partial charge in [-0.3, -0.25) is 0 Å². The molecule has 0 radical (unpaired) electrons. The zero-order valence-corrected chi connectivity index (χ0v) is 13.7. The summed E-state index contributed by atoms with van der Waals surface area (Å²) in [7, 11) is 3.93. The van der Waals surface area contributed by atoms with E-state index < -0.39 is 0 Å². The number of fused-ring (bicyclic) bond motifs is 1. The third-order valence-electron chi connectivity index (χ3n) is 3.42. The number of aromatic nitrogens is 4. The second-order valence-electron chi connectivity index (χ2n) is 5.59. The van der Waals surface area contributed by atoms with Gasteiger partial charge in [0.05, 0.1) is 22.6 Å². The molecule has 6 nitrogen and oxygen atoms in total.